The number of benzene rings is 3. The summed E-state index contributed by atoms with van der Waals surface area (Å²) in [7, 11) is 0. The van der Waals surface area contributed by atoms with Gasteiger partial charge in [-0.2, -0.15) is 18.3 Å². The molecule has 184 valence electrons. The van der Waals surface area contributed by atoms with Gasteiger partial charge in [0.2, 0.25) is 0 Å². The van der Waals surface area contributed by atoms with E-state index in [0.717, 1.165) is 46.4 Å². The third kappa shape index (κ3) is 6.01. The van der Waals surface area contributed by atoms with Crippen molar-refractivity contribution >= 4 is 23.9 Å². The van der Waals surface area contributed by atoms with E-state index in [0.29, 0.717) is 11.0 Å². The molecule has 0 aliphatic carbocycles. The van der Waals surface area contributed by atoms with Crippen LogP contribution in [0.5, 0.6) is 0 Å². The zero-order valence-corrected chi connectivity index (χ0v) is 20.3. The zero-order chi connectivity index (χ0) is 25.7. The van der Waals surface area contributed by atoms with Crippen LogP contribution in [0.3, 0.4) is 0 Å². The second kappa shape index (κ2) is 10.8. The minimum Gasteiger partial charge on any atom is -0.272 e. The van der Waals surface area contributed by atoms with Crippen molar-refractivity contribution in [1.29, 1.82) is 0 Å². The Morgan fingerprint density at radius 3 is 2.28 bits per heavy atom. The number of thioether (sulfide) groups is 1. The van der Waals surface area contributed by atoms with E-state index in [2.05, 4.69) is 20.7 Å². The largest absolute Gasteiger partial charge is 0.417 e. The number of rotatable bonds is 7. The van der Waals surface area contributed by atoms with Crippen molar-refractivity contribution in [3.63, 3.8) is 0 Å². The third-order valence-corrected chi connectivity index (χ3v) is 6.16. The summed E-state index contributed by atoms with van der Waals surface area (Å²) in [5.41, 5.74) is 5.24. The van der Waals surface area contributed by atoms with Crippen LogP contribution in [0.4, 0.5) is 13.2 Å². The highest BCUT2D eigenvalue weighted by Gasteiger charge is 2.32. The number of hydrazone groups is 1. The number of aryl methyl sites for hydroxylation is 2. The topological polar surface area (TPSA) is 72.2 Å². The quantitative estimate of drug-likeness (QED) is 0.194. The molecule has 0 spiro atoms. The van der Waals surface area contributed by atoms with Crippen molar-refractivity contribution in [3.05, 3.63) is 95.1 Å². The maximum atomic E-state index is 13.1. The molecule has 0 unspecified atom stereocenters. The van der Waals surface area contributed by atoms with Gasteiger partial charge in [-0.3, -0.25) is 9.36 Å². The van der Waals surface area contributed by atoms with Gasteiger partial charge in [0.1, 0.15) is 0 Å². The van der Waals surface area contributed by atoms with Gasteiger partial charge in [-0.1, -0.05) is 77.5 Å². The van der Waals surface area contributed by atoms with Gasteiger partial charge in [0.05, 0.1) is 17.5 Å². The molecule has 1 aromatic heterocycles. The first kappa shape index (κ1) is 25.2. The number of carbonyl (C=O) groups excluding carboxylic acids is 1. The number of nitrogens with zero attached hydrogens (tertiary/aromatic N) is 4. The van der Waals surface area contributed by atoms with Gasteiger partial charge in [-0.15, -0.1) is 10.2 Å². The summed E-state index contributed by atoms with van der Waals surface area (Å²) in [6.07, 6.45) is -3.53. The van der Waals surface area contributed by atoms with Crippen LogP contribution in [-0.2, 0) is 11.0 Å². The first-order chi connectivity index (χ1) is 17.2. The highest BCUT2D eigenvalue weighted by molar-refractivity contribution is 7.99. The minimum absolute atomic E-state index is 0.0594. The van der Waals surface area contributed by atoms with E-state index in [4.69, 9.17) is 0 Å². The number of hydrogen-bond donors (Lipinski definition) is 1. The number of nitrogens with one attached hydrogen (secondary N) is 1. The average Bonchev–Trinajstić information content (AvgIpc) is 3.27. The number of alkyl halides is 3. The molecule has 0 saturated carbocycles. The Kier molecular flexibility index (Phi) is 7.54. The molecular weight excluding hydrogens is 487 g/mol. The standard InChI is InChI=1S/C26H22F3N5OS/c1-17-7-11-19(12-8-17)24-32-33-25(34(24)21-13-9-18(2)10-14-21)36-16-23(35)31-30-15-20-5-3-4-6-22(20)26(27,28)29/h3-15H,16H2,1-2H3,(H,31,35)/b30-15-. The van der Waals surface area contributed by atoms with Crippen molar-refractivity contribution < 1.29 is 18.0 Å². The molecule has 3 aromatic carbocycles. The van der Waals surface area contributed by atoms with E-state index in [-0.39, 0.29) is 11.3 Å². The molecular formula is C26H22F3N5OS. The highest BCUT2D eigenvalue weighted by Crippen LogP contribution is 2.31. The molecule has 0 saturated heterocycles. The van der Waals surface area contributed by atoms with E-state index in [1.807, 2.05) is 66.9 Å². The molecule has 10 heteroatoms. The average molecular weight is 510 g/mol. The van der Waals surface area contributed by atoms with Crippen molar-refractivity contribution in [2.45, 2.75) is 25.2 Å². The van der Waals surface area contributed by atoms with E-state index < -0.39 is 17.6 Å². The van der Waals surface area contributed by atoms with Crippen molar-refractivity contribution in [3.8, 4) is 17.1 Å². The predicted molar refractivity (Wildman–Crippen MR) is 134 cm³/mol. The van der Waals surface area contributed by atoms with Crippen molar-refractivity contribution in [2.24, 2.45) is 5.10 Å². The highest BCUT2D eigenvalue weighted by atomic mass is 32.2. The third-order valence-electron chi connectivity index (χ3n) is 5.23. The smallest absolute Gasteiger partial charge is 0.272 e. The number of amides is 1. The first-order valence-corrected chi connectivity index (χ1v) is 11.9. The Balaban J connectivity index is 1.51. The lowest BCUT2D eigenvalue weighted by Gasteiger charge is -2.11. The zero-order valence-electron chi connectivity index (χ0n) is 19.5. The molecule has 36 heavy (non-hydrogen) atoms. The Hall–Kier alpha value is -3.92. The van der Waals surface area contributed by atoms with Gasteiger partial charge < -0.3 is 0 Å². The van der Waals surface area contributed by atoms with Crippen LogP contribution in [-0.4, -0.2) is 32.6 Å². The molecule has 0 bridgehead atoms. The van der Waals surface area contributed by atoms with Crippen LogP contribution in [0.2, 0.25) is 0 Å². The monoisotopic (exact) mass is 509 g/mol. The summed E-state index contributed by atoms with van der Waals surface area (Å²) in [5.74, 6) is 0.0792. The van der Waals surface area contributed by atoms with Crippen LogP contribution in [0.25, 0.3) is 17.1 Å². The lowest BCUT2D eigenvalue weighted by atomic mass is 10.1. The van der Waals surface area contributed by atoms with Gasteiger partial charge >= 0.3 is 6.18 Å². The van der Waals surface area contributed by atoms with Crippen LogP contribution in [0.15, 0.2) is 83.1 Å². The molecule has 6 nitrogen and oxygen atoms in total. The fraction of sp³-hybridized carbons (Fsp3) is 0.154. The number of carbonyl (C=O) groups is 1. The van der Waals surface area contributed by atoms with Crippen LogP contribution in [0, 0.1) is 13.8 Å². The molecule has 1 N–H and O–H groups in total. The molecule has 0 fully saturated rings. The molecule has 0 aliphatic rings. The predicted octanol–water partition coefficient (Wildman–Crippen LogP) is 5.81. The maximum Gasteiger partial charge on any atom is 0.417 e. The second-order valence-corrected chi connectivity index (χ2v) is 8.95. The Morgan fingerprint density at radius 2 is 1.61 bits per heavy atom. The number of hydrogen-bond acceptors (Lipinski definition) is 5. The molecule has 4 aromatic rings. The van der Waals surface area contributed by atoms with E-state index >= 15 is 0 Å². The Labute approximate surface area is 210 Å². The number of halogens is 3. The van der Waals surface area contributed by atoms with Crippen LogP contribution in [0.1, 0.15) is 22.3 Å². The van der Waals surface area contributed by atoms with Gasteiger partial charge in [-0.25, -0.2) is 5.43 Å². The van der Waals surface area contributed by atoms with Gasteiger partial charge in [0.25, 0.3) is 5.91 Å². The van der Waals surface area contributed by atoms with E-state index in [1.165, 1.54) is 18.2 Å². The lowest BCUT2D eigenvalue weighted by molar-refractivity contribution is -0.137. The van der Waals surface area contributed by atoms with Crippen LogP contribution < -0.4 is 5.43 Å². The van der Waals surface area contributed by atoms with E-state index in [9.17, 15) is 18.0 Å². The normalized spacial score (nSPS) is 11.7. The fourth-order valence-electron chi connectivity index (χ4n) is 3.38. The summed E-state index contributed by atoms with van der Waals surface area (Å²) < 4.78 is 41.2. The van der Waals surface area contributed by atoms with E-state index in [1.54, 1.807) is 0 Å². The second-order valence-electron chi connectivity index (χ2n) is 8.01. The van der Waals surface area contributed by atoms with Gasteiger partial charge in [0, 0.05) is 16.8 Å². The summed E-state index contributed by atoms with van der Waals surface area (Å²) in [6.45, 7) is 3.99. The van der Waals surface area contributed by atoms with Gasteiger partial charge in [0.15, 0.2) is 11.0 Å². The minimum atomic E-state index is -4.52. The summed E-state index contributed by atoms with van der Waals surface area (Å²) in [6, 6.07) is 20.7. The SMILES string of the molecule is Cc1ccc(-c2nnc(SCC(=O)N/N=C\c3ccccc3C(F)(F)F)n2-c2ccc(C)cc2)cc1. The summed E-state index contributed by atoms with van der Waals surface area (Å²) >= 11 is 1.15. The fourth-order valence-corrected chi connectivity index (χ4v) is 4.13. The molecule has 1 amide bonds. The molecule has 4 rings (SSSR count). The maximum absolute atomic E-state index is 13.1. The summed E-state index contributed by atoms with van der Waals surface area (Å²) in [5, 5.41) is 12.8. The lowest BCUT2D eigenvalue weighted by Crippen LogP contribution is -2.20. The molecule has 0 radical (unpaired) electrons. The van der Waals surface area contributed by atoms with Crippen molar-refractivity contribution in [2.75, 3.05) is 5.75 Å². The number of aromatic nitrogens is 3. The Bertz CT molecular complexity index is 1380. The molecule has 0 atom stereocenters. The molecule has 0 aliphatic heterocycles. The van der Waals surface area contributed by atoms with Crippen molar-refractivity contribution in [1.82, 2.24) is 20.2 Å². The Morgan fingerprint density at radius 1 is 0.972 bits per heavy atom. The first-order valence-electron chi connectivity index (χ1n) is 10.9. The molecule has 1 heterocycles. The van der Waals surface area contributed by atoms with Gasteiger partial charge in [-0.05, 0) is 32.0 Å². The summed E-state index contributed by atoms with van der Waals surface area (Å²) in [4.78, 5) is 12.4. The van der Waals surface area contributed by atoms with Crippen LogP contribution >= 0.6 is 11.8 Å².